The van der Waals surface area contributed by atoms with Crippen LogP contribution in [-0.4, -0.2) is 36.4 Å². The predicted octanol–water partition coefficient (Wildman–Crippen LogP) is 3.93. The summed E-state index contributed by atoms with van der Waals surface area (Å²) in [5.74, 6) is -0.262. The van der Waals surface area contributed by atoms with Crippen molar-refractivity contribution < 1.29 is 14.3 Å². The number of rotatable bonds is 3. The van der Waals surface area contributed by atoms with E-state index in [0.29, 0.717) is 22.9 Å². The fraction of sp³-hybridized carbons (Fsp3) is 0.391. The highest BCUT2D eigenvalue weighted by Gasteiger charge is 2.65. The second-order valence-corrected chi connectivity index (χ2v) is 8.82. The van der Waals surface area contributed by atoms with Crippen LogP contribution >= 0.6 is 11.6 Å². The Balaban J connectivity index is 1.59. The van der Waals surface area contributed by atoms with Crippen LogP contribution in [0, 0.1) is 12.8 Å². The molecule has 7 heteroatoms. The van der Waals surface area contributed by atoms with Gasteiger partial charge in [0.25, 0.3) is 0 Å². The molecule has 2 aromatic rings. The van der Waals surface area contributed by atoms with Crippen molar-refractivity contribution in [3.8, 4) is 5.75 Å². The fourth-order valence-corrected chi connectivity index (χ4v) is 5.71. The SMILES string of the molecule is COc1ccc(Cl)cc1NC(=O)[C@H]1C[C@H]2CCCN2[C@@]12C(=O)Nc1ccc(C)cc12. The molecule has 2 aromatic carbocycles. The highest BCUT2D eigenvalue weighted by Crippen LogP contribution is 2.55. The zero-order valence-corrected chi connectivity index (χ0v) is 17.8. The third kappa shape index (κ3) is 2.67. The quantitative estimate of drug-likeness (QED) is 0.781. The summed E-state index contributed by atoms with van der Waals surface area (Å²) < 4.78 is 5.39. The predicted molar refractivity (Wildman–Crippen MR) is 116 cm³/mol. The first-order chi connectivity index (χ1) is 14.4. The molecule has 0 unspecified atom stereocenters. The Hall–Kier alpha value is -2.57. The minimum atomic E-state index is -0.974. The van der Waals surface area contributed by atoms with Gasteiger partial charge in [0.2, 0.25) is 11.8 Å². The highest BCUT2D eigenvalue weighted by atomic mass is 35.5. The van der Waals surface area contributed by atoms with Gasteiger partial charge < -0.3 is 15.4 Å². The summed E-state index contributed by atoms with van der Waals surface area (Å²) in [6.07, 6.45) is 2.69. The molecule has 3 aliphatic rings. The van der Waals surface area contributed by atoms with E-state index in [1.165, 1.54) is 0 Å². The lowest BCUT2D eigenvalue weighted by Crippen LogP contribution is -2.53. The van der Waals surface area contributed by atoms with E-state index in [1.807, 2.05) is 25.1 Å². The number of nitrogens with one attached hydrogen (secondary N) is 2. The molecule has 2 fully saturated rings. The van der Waals surface area contributed by atoms with Crippen molar-refractivity contribution in [1.29, 1.82) is 0 Å². The van der Waals surface area contributed by atoms with E-state index < -0.39 is 11.5 Å². The summed E-state index contributed by atoms with van der Waals surface area (Å²) in [6, 6.07) is 11.3. The van der Waals surface area contributed by atoms with Crippen molar-refractivity contribution in [3.63, 3.8) is 0 Å². The van der Waals surface area contributed by atoms with Gasteiger partial charge in [0.15, 0.2) is 0 Å². The van der Waals surface area contributed by atoms with Crippen molar-refractivity contribution in [2.75, 3.05) is 24.3 Å². The van der Waals surface area contributed by atoms with Gasteiger partial charge in [-0.1, -0.05) is 29.3 Å². The molecule has 0 aliphatic carbocycles. The molecule has 2 saturated heterocycles. The maximum atomic E-state index is 13.6. The number of carbonyl (C=O) groups excluding carboxylic acids is 2. The second kappa shape index (κ2) is 7.00. The van der Waals surface area contributed by atoms with Crippen LogP contribution in [0.3, 0.4) is 0 Å². The van der Waals surface area contributed by atoms with E-state index in [-0.39, 0.29) is 17.9 Å². The lowest BCUT2D eigenvalue weighted by Gasteiger charge is -2.36. The molecule has 0 bridgehead atoms. The molecule has 2 N–H and O–H groups in total. The Morgan fingerprint density at radius 1 is 1.30 bits per heavy atom. The number of carbonyl (C=O) groups is 2. The van der Waals surface area contributed by atoms with Gasteiger partial charge in [-0.2, -0.15) is 0 Å². The number of hydrogen-bond donors (Lipinski definition) is 2. The van der Waals surface area contributed by atoms with Crippen LogP contribution in [0.15, 0.2) is 36.4 Å². The number of methoxy groups -OCH3 is 1. The fourth-order valence-electron chi connectivity index (χ4n) is 5.54. The van der Waals surface area contributed by atoms with E-state index in [9.17, 15) is 9.59 Å². The van der Waals surface area contributed by atoms with Gasteiger partial charge in [0, 0.05) is 22.3 Å². The molecule has 3 aliphatic heterocycles. The van der Waals surface area contributed by atoms with Gasteiger partial charge in [-0.3, -0.25) is 14.5 Å². The van der Waals surface area contributed by atoms with Crippen LogP contribution < -0.4 is 15.4 Å². The molecule has 2 amide bonds. The number of fused-ring (bicyclic) bond motifs is 4. The van der Waals surface area contributed by atoms with Crippen molar-refractivity contribution in [1.82, 2.24) is 4.90 Å². The highest BCUT2D eigenvalue weighted by molar-refractivity contribution is 6.31. The van der Waals surface area contributed by atoms with E-state index in [0.717, 1.165) is 36.2 Å². The first kappa shape index (κ1) is 19.4. The van der Waals surface area contributed by atoms with Crippen LogP contribution in [0.1, 0.15) is 30.4 Å². The zero-order valence-electron chi connectivity index (χ0n) is 17.0. The number of anilines is 2. The van der Waals surface area contributed by atoms with E-state index >= 15 is 0 Å². The molecule has 6 nitrogen and oxygen atoms in total. The monoisotopic (exact) mass is 425 g/mol. The van der Waals surface area contributed by atoms with Gasteiger partial charge in [-0.25, -0.2) is 0 Å². The van der Waals surface area contributed by atoms with Crippen molar-refractivity contribution >= 4 is 34.8 Å². The average molecular weight is 426 g/mol. The van der Waals surface area contributed by atoms with Gasteiger partial charge in [-0.15, -0.1) is 0 Å². The van der Waals surface area contributed by atoms with Gasteiger partial charge in [0.05, 0.1) is 18.7 Å². The topological polar surface area (TPSA) is 70.7 Å². The molecular weight excluding hydrogens is 402 g/mol. The molecule has 0 saturated carbocycles. The number of amides is 2. The van der Waals surface area contributed by atoms with Crippen LogP contribution in [-0.2, 0) is 15.1 Å². The Morgan fingerprint density at radius 2 is 2.13 bits per heavy atom. The van der Waals surface area contributed by atoms with Gasteiger partial charge >= 0.3 is 0 Å². The number of nitrogens with zero attached hydrogens (tertiary/aromatic N) is 1. The third-order valence-electron chi connectivity index (χ3n) is 6.76. The average Bonchev–Trinajstić information content (AvgIpc) is 3.37. The standard InChI is InChI=1S/C23H24ClN3O3/c1-13-5-7-18-16(10-13)23(22(29)26-18)17(12-15-4-3-9-27(15)23)21(28)25-19-11-14(24)6-8-20(19)30-2/h5-8,10-11,15,17H,3-4,9,12H2,1-2H3,(H,25,28)(H,26,29)/t15-,17-,23-/m1/s1. The molecule has 1 spiro atoms. The Labute approximate surface area is 180 Å². The van der Waals surface area contributed by atoms with Crippen molar-refractivity contribution in [2.45, 2.75) is 37.8 Å². The lowest BCUT2D eigenvalue weighted by atomic mass is 9.78. The van der Waals surface area contributed by atoms with E-state index in [4.69, 9.17) is 16.3 Å². The first-order valence-corrected chi connectivity index (χ1v) is 10.7. The van der Waals surface area contributed by atoms with Crippen molar-refractivity contribution in [3.05, 3.63) is 52.5 Å². The van der Waals surface area contributed by atoms with Crippen LogP contribution in [0.4, 0.5) is 11.4 Å². The van der Waals surface area contributed by atoms with Gasteiger partial charge in [-0.05, 0) is 57.0 Å². The summed E-state index contributed by atoms with van der Waals surface area (Å²) in [4.78, 5) is 29.3. The molecule has 0 aromatic heterocycles. The second-order valence-electron chi connectivity index (χ2n) is 8.38. The van der Waals surface area contributed by atoms with E-state index in [2.05, 4.69) is 15.5 Å². The summed E-state index contributed by atoms with van der Waals surface area (Å²) >= 11 is 6.14. The molecule has 0 radical (unpaired) electrons. The summed E-state index contributed by atoms with van der Waals surface area (Å²) in [5.41, 5.74) is 2.33. The molecule has 5 rings (SSSR count). The summed E-state index contributed by atoms with van der Waals surface area (Å²) in [7, 11) is 1.55. The minimum Gasteiger partial charge on any atom is -0.495 e. The number of ether oxygens (including phenoxy) is 1. The lowest BCUT2D eigenvalue weighted by molar-refractivity contribution is -0.135. The molecule has 156 valence electrons. The largest absolute Gasteiger partial charge is 0.495 e. The third-order valence-corrected chi connectivity index (χ3v) is 6.99. The maximum absolute atomic E-state index is 13.6. The van der Waals surface area contributed by atoms with Crippen LogP contribution in [0.25, 0.3) is 0 Å². The smallest absolute Gasteiger partial charge is 0.250 e. The maximum Gasteiger partial charge on any atom is 0.250 e. The zero-order chi connectivity index (χ0) is 21.0. The normalized spacial score (nSPS) is 27.1. The number of aryl methyl sites for hydroxylation is 1. The van der Waals surface area contributed by atoms with Crippen molar-refractivity contribution in [2.24, 2.45) is 5.92 Å². The molecule has 3 atom stereocenters. The summed E-state index contributed by atoms with van der Waals surface area (Å²) in [6.45, 7) is 2.83. The Kier molecular flexibility index (Phi) is 4.52. The number of benzene rings is 2. The minimum absolute atomic E-state index is 0.106. The van der Waals surface area contributed by atoms with Crippen LogP contribution in [0.5, 0.6) is 5.75 Å². The van der Waals surface area contributed by atoms with Crippen LogP contribution in [0.2, 0.25) is 5.02 Å². The number of halogens is 1. The van der Waals surface area contributed by atoms with Gasteiger partial charge in [0.1, 0.15) is 11.3 Å². The first-order valence-electron chi connectivity index (χ1n) is 10.3. The number of hydrogen-bond acceptors (Lipinski definition) is 4. The molecular formula is C23H24ClN3O3. The Bertz CT molecular complexity index is 1060. The molecule has 3 heterocycles. The van der Waals surface area contributed by atoms with E-state index in [1.54, 1.807) is 25.3 Å². The molecule has 30 heavy (non-hydrogen) atoms. The summed E-state index contributed by atoms with van der Waals surface area (Å²) in [5, 5.41) is 6.55. The Morgan fingerprint density at radius 3 is 2.93 bits per heavy atom.